The van der Waals surface area contributed by atoms with Gasteiger partial charge in [-0.1, -0.05) is 35.5 Å². The van der Waals surface area contributed by atoms with Crippen molar-refractivity contribution in [2.24, 2.45) is 0 Å². The summed E-state index contributed by atoms with van der Waals surface area (Å²) in [6.07, 6.45) is 0. The van der Waals surface area contributed by atoms with Crippen molar-refractivity contribution in [2.45, 2.75) is 16.8 Å². The Balaban J connectivity index is 2.51. The van der Waals surface area contributed by atoms with Crippen LogP contribution >= 0.6 is 35.0 Å². The van der Waals surface area contributed by atoms with Crippen LogP contribution in [0.2, 0.25) is 10.3 Å². The molecule has 0 fully saturated rings. The Kier molecular flexibility index (Phi) is 4.24. The number of hydrogen-bond acceptors (Lipinski definition) is 5. The average molecular weight is 316 g/mol. The Bertz CT molecular complexity index is 652. The molecule has 0 bridgehead atoms. The van der Waals surface area contributed by atoms with Gasteiger partial charge in [0.25, 0.3) is 0 Å². The lowest BCUT2D eigenvalue weighted by atomic mass is 10.4. The largest absolute Gasteiger partial charge is 0.322 e. The third kappa shape index (κ3) is 3.15. The highest BCUT2D eigenvalue weighted by atomic mass is 35.5. The Hall–Kier alpha value is -1.37. The van der Waals surface area contributed by atoms with Gasteiger partial charge in [-0.15, -0.1) is 0 Å². The monoisotopic (exact) mass is 315 g/mol. The van der Waals surface area contributed by atoms with Crippen LogP contribution in [-0.4, -0.2) is 14.9 Å². The van der Waals surface area contributed by atoms with E-state index in [2.05, 4.69) is 9.97 Å². The topological polar surface area (TPSA) is 68.9 Å². The van der Waals surface area contributed by atoms with Gasteiger partial charge in [-0.3, -0.25) is 10.1 Å². The molecule has 0 saturated carbocycles. The van der Waals surface area contributed by atoms with Crippen LogP contribution < -0.4 is 0 Å². The third-order valence-electron chi connectivity index (χ3n) is 2.22. The molecular formula is C11H7Cl2N3O2S. The van der Waals surface area contributed by atoms with E-state index < -0.39 is 4.92 Å². The first-order valence-electron chi connectivity index (χ1n) is 5.10. The van der Waals surface area contributed by atoms with Gasteiger partial charge in [0.2, 0.25) is 5.28 Å². The van der Waals surface area contributed by atoms with Gasteiger partial charge in [-0.05, 0) is 30.7 Å². The fourth-order valence-corrected chi connectivity index (χ4v) is 2.91. The van der Waals surface area contributed by atoms with Gasteiger partial charge < -0.3 is 0 Å². The van der Waals surface area contributed by atoms with Crippen molar-refractivity contribution in [3.05, 3.63) is 50.4 Å². The molecular weight excluding hydrogens is 309 g/mol. The number of aromatic nitrogens is 2. The van der Waals surface area contributed by atoms with Crippen molar-refractivity contribution in [1.82, 2.24) is 9.97 Å². The second kappa shape index (κ2) is 5.73. The number of rotatable bonds is 3. The standard InChI is InChI=1S/C11H7Cl2N3O2S/c1-6-9(16(17)18)10(15-11(13)14-6)19-8-5-3-2-4-7(8)12/h2-5H,1H3. The highest BCUT2D eigenvalue weighted by molar-refractivity contribution is 7.99. The molecule has 2 aromatic rings. The molecule has 0 aliphatic rings. The first kappa shape index (κ1) is 14.0. The molecule has 0 unspecified atom stereocenters. The molecule has 0 spiro atoms. The number of nitro groups is 1. The zero-order valence-electron chi connectivity index (χ0n) is 9.63. The second-order valence-corrected chi connectivity index (χ2v) is 5.30. The van der Waals surface area contributed by atoms with Crippen LogP contribution in [0.5, 0.6) is 0 Å². The van der Waals surface area contributed by atoms with Gasteiger partial charge in [0.15, 0.2) is 5.03 Å². The molecule has 98 valence electrons. The van der Waals surface area contributed by atoms with Gasteiger partial charge in [-0.25, -0.2) is 9.97 Å². The van der Waals surface area contributed by atoms with E-state index in [-0.39, 0.29) is 21.7 Å². The molecule has 1 heterocycles. The second-order valence-electron chi connectivity index (χ2n) is 3.52. The molecule has 0 aliphatic heterocycles. The quantitative estimate of drug-likeness (QED) is 0.368. The Morgan fingerprint density at radius 2 is 1.95 bits per heavy atom. The molecule has 0 amide bonds. The van der Waals surface area contributed by atoms with Crippen molar-refractivity contribution < 1.29 is 4.92 Å². The van der Waals surface area contributed by atoms with Crippen molar-refractivity contribution >= 4 is 40.7 Å². The van der Waals surface area contributed by atoms with Crippen LogP contribution in [0.4, 0.5) is 5.69 Å². The van der Waals surface area contributed by atoms with E-state index in [9.17, 15) is 10.1 Å². The number of hydrogen-bond donors (Lipinski definition) is 0. The summed E-state index contributed by atoms with van der Waals surface area (Å²) in [4.78, 5) is 18.9. The minimum absolute atomic E-state index is 0.0300. The fourth-order valence-electron chi connectivity index (χ4n) is 1.42. The molecule has 2 rings (SSSR count). The van der Waals surface area contributed by atoms with Crippen LogP contribution in [-0.2, 0) is 0 Å². The van der Waals surface area contributed by atoms with Crippen molar-refractivity contribution in [2.75, 3.05) is 0 Å². The van der Waals surface area contributed by atoms with E-state index in [1.165, 1.54) is 6.92 Å². The average Bonchev–Trinajstić information content (AvgIpc) is 2.30. The number of aryl methyl sites for hydroxylation is 1. The van der Waals surface area contributed by atoms with E-state index in [0.717, 1.165) is 11.8 Å². The summed E-state index contributed by atoms with van der Waals surface area (Å²) in [5, 5.41) is 11.7. The van der Waals surface area contributed by atoms with Crippen LogP contribution in [0.1, 0.15) is 5.69 Å². The zero-order chi connectivity index (χ0) is 14.0. The van der Waals surface area contributed by atoms with Gasteiger partial charge in [0.05, 0.1) is 9.95 Å². The van der Waals surface area contributed by atoms with Gasteiger partial charge >= 0.3 is 5.69 Å². The summed E-state index contributed by atoms with van der Waals surface area (Å²) in [5.74, 6) is 0. The maximum Gasteiger partial charge on any atom is 0.322 e. The Morgan fingerprint density at radius 1 is 1.26 bits per heavy atom. The molecule has 0 atom stereocenters. The molecule has 5 nitrogen and oxygen atoms in total. The summed E-state index contributed by atoms with van der Waals surface area (Å²) in [6.45, 7) is 1.52. The van der Waals surface area contributed by atoms with Crippen LogP contribution in [0.25, 0.3) is 0 Å². The predicted octanol–water partition coefficient (Wildman–Crippen LogP) is 4.15. The summed E-state index contributed by atoms with van der Waals surface area (Å²) >= 11 is 12.8. The maximum atomic E-state index is 11.1. The number of halogens is 2. The van der Waals surface area contributed by atoms with E-state index >= 15 is 0 Å². The smallest absolute Gasteiger partial charge is 0.258 e. The molecule has 1 aromatic carbocycles. The van der Waals surface area contributed by atoms with Crippen molar-refractivity contribution in [3.63, 3.8) is 0 Å². The van der Waals surface area contributed by atoms with E-state index in [0.29, 0.717) is 9.92 Å². The molecule has 0 radical (unpaired) electrons. The normalized spacial score (nSPS) is 10.5. The highest BCUT2D eigenvalue weighted by Crippen LogP contribution is 2.38. The van der Waals surface area contributed by atoms with Crippen LogP contribution in [0.15, 0.2) is 34.2 Å². The van der Waals surface area contributed by atoms with Gasteiger partial charge in [-0.2, -0.15) is 0 Å². The summed E-state index contributed by atoms with van der Waals surface area (Å²) in [7, 11) is 0. The minimum Gasteiger partial charge on any atom is -0.258 e. The van der Waals surface area contributed by atoms with Crippen LogP contribution in [0.3, 0.4) is 0 Å². The van der Waals surface area contributed by atoms with E-state index in [1.807, 2.05) is 0 Å². The van der Waals surface area contributed by atoms with Gasteiger partial charge in [0.1, 0.15) is 5.69 Å². The molecule has 0 N–H and O–H groups in total. The number of nitrogens with zero attached hydrogens (tertiary/aromatic N) is 3. The lowest BCUT2D eigenvalue weighted by Gasteiger charge is -2.05. The third-order valence-corrected chi connectivity index (χ3v) is 3.89. The minimum atomic E-state index is -0.523. The molecule has 0 saturated heterocycles. The van der Waals surface area contributed by atoms with Crippen molar-refractivity contribution in [3.8, 4) is 0 Å². The number of benzene rings is 1. The van der Waals surface area contributed by atoms with Gasteiger partial charge in [0, 0.05) is 4.90 Å². The predicted molar refractivity (Wildman–Crippen MR) is 74.0 cm³/mol. The summed E-state index contributed by atoms with van der Waals surface area (Å²) in [5.41, 5.74) is 0.0638. The molecule has 19 heavy (non-hydrogen) atoms. The maximum absolute atomic E-state index is 11.1. The van der Waals surface area contributed by atoms with E-state index in [4.69, 9.17) is 23.2 Å². The molecule has 8 heteroatoms. The lowest BCUT2D eigenvalue weighted by molar-refractivity contribution is -0.389. The fraction of sp³-hybridized carbons (Fsp3) is 0.0909. The molecule has 1 aromatic heterocycles. The van der Waals surface area contributed by atoms with Crippen molar-refractivity contribution in [1.29, 1.82) is 0 Å². The Labute approximate surface area is 123 Å². The zero-order valence-corrected chi connectivity index (χ0v) is 12.0. The summed E-state index contributed by atoms with van der Waals surface area (Å²) in [6, 6.07) is 7.02. The molecule has 0 aliphatic carbocycles. The SMILES string of the molecule is Cc1nc(Cl)nc(Sc2ccccc2Cl)c1[N+](=O)[O-]. The van der Waals surface area contributed by atoms with E-state index in [1.54, 1.807) is 24.3 Å². The van der Waals surface area contributed by atoms with Crippen LogP contribution in [0, 0.1) is 17.0 Å². The summed E-state index contributed by atoms with van der Waals surface area (Å²) < 4.78 is 0. The first-order valence-corrected chi connectivity index (χ1v) is 6.67. The highest BCUT2D eigenvalue weighted by Gasteiger charge is 2.23. The Morgan fingerprint density at radius 3 is 2.58 bits per heavy atom. The lowest BCUT2D eigenvalue weighted by Crippen LogP contribution is -2.00. The first-order chi connectivity index (χ1) is 8.99.